The van der Waals surface area contributed by atoms with Gasteiger partial charge in [-0.1, -0.05) is 17.6 Å². The Labute approximate surface area is 257 Å². The third kappa shape index (κ3) is 12.7. The van der Waals surface area contributed by atoms with E-state index in [1.54, 1.807) is 6.20 Å². The molecule has 0 aromatic carbocycles. The summed E-state index contributed by atoms with van der Waals surface area (Å²) in [4.78, 5) is 48.3. The molecule has 0 aliphatic rings. The molecule has 0 unspecified atom stereocenters. The average molecular weight is 674 g/mol. The van der Waals surface area contributed by atoms with Crippen molar-refractivity contribution in [1.29, 1.82) is 5.26 Å². The minimum atomic E-state index is -1.33. The van der Waals surface area contributed by atoms with Crippen LogP contribution >= 0.6 is 12.2 Å². The van der Waals surface area contributed by atoms with E-state index in [1.807, 2.05) is 19.1 Å². The molecule has 0 atom stereocenters. The monoisotopic (exact) mass is 674 g/mol. The predicted molar refractivity (Wildman–Crippen MR) is 144 cm³/mol. The molecule has 4 heterocycles. The third-order valence-electron chi connectivity index (χ3n) is 4.44. The zero-order valence-corrected chi connectivity index (χ0v) is 24.1. The summed E-state index contributed by atoms with van der Waals surface area (Å²) in [5.41, 5.74) is 2.92. The Morgan fingerprint density at radius 2 is 1.10 bits per heavy atom. The molecule has 15 heteroatoms. The number of carboxylic acids is 3. The van der Waals surface area contributed by atoms with Crippen molar-refractivity contribution in [2.45, 2.75) is 6.92 Å². The number of nitriles is 1. The molecule has 4 aromatic rings. The number of rotatable bonds is 5. The second-order valence-corrected chi connectivity index (χ2v) is 7.44. The molecule has 208 valence electrons. The summed E-state index contributed by atoms with van der Waals surface area (Å²) in [6, 6.07) is 11.8. The van der Waals surface area contributed by atoms with E-state index in [-0.39, 0.29) is 47.6 Å². The quantitative estimate of drug-likeness (QED) is 0.105. The summed E-state index contributed by atoms with van der Waals surface area (Å²) >= 11 is 7.40. The second kappa shape index (κ2) is 19.2. The maximum atomic E-state index is 10.8. The molecule has 0 spiro atoms. The summed E-state index contributed by atoms with van der Waals surface area (Å²) in [6.07, 6.45) is 5.73. The summed E-state index contributed by atoms with van der Waals surface area (Å²) < 4.78 is 0. The topological polar surface area (TPSA) is 215 Å². The van der Waals surface area contributed by atoms with Crippen LogP contribution in [0.15, 0.2) is 73.3 Å². The van der Waals surface area contributed by atoms with Crippen molar-refractivity contribution >= 4 is 47.9 Å². The summed E-state index contributed by atoms with van der Waals surface area (Å²) in [5, 5.41) is 47.2. The molecule has 41 heavy (non-hydrogen) atoms. The van der Waals surface area contributed by atoms with Gasteiger partial charge in [0.25, 0.3) is 0 Å². The molecule has 12 nitrogen and oxygen atoms in total. The smallest absolute Gasteiger partial charge is 0.753 e. The first-order valence-electron chi connectivity index (χ1n) is 10.6. The fourth-order valence-electron chi connectivity index (χ4n) is 2.78. The molecule has 0 amide bonds. The Hall–Kier alpha value is -4.86. The van der Waals surface area contributed by atoms with Gasteiger partial charge in [0.15, 0.2) is 0 Å². The van der Waals surface area contributed by atoms with E-state index >= 15 is 0 Å². The molecule has 0 radical (unpaired) electrons. The second-order valence-electron chi connectivity index (χ2n) is 7.07. The van der Waals surface area contributed by atoms with E-state index in [4.69, 9.17) is 15.8 Å². The van der Waals surface area contributed by atoms with Gasteiger partial charge in [0.1, 0.15) is 0 Å². The number of carbonyl (C=O) groups excluding carboxylic acids is 2. The molecule has 0 saturated heterocycles. The van der Waals surface area contributed by atoms with E-state index in [9.17, 15) is 24.6 Å². The van der Waals surface area contributed by atoms with Crippen LogP contribution in [0.4, 0.5) is 0 Å². The number of carboxylic acid groups (broad SMARTS) is 3. The predicted octanol–water partition coefficient (Wildman–Crippen LogP) is 1.69. The van der Waals surface area contributed by atoms with Crippen LogP contribution in [0.1, 0.15) is 36.6 Å². The number of aryl methyl sites for hydroxylation is 1. The molecule has 0 aliphatic heterocycles. The van der Waals surface area contributed by atoms with Crippen molar-refractivity contribution < 1.29 is 49.2 Å². The fraction of sp³-hybridized carbons (Fsp3) is 0.0385. The van der Waals surface area contributed by atoms with Crippen LogP contribution in [0.2, 0.25) is 0 Å². The number of aromatic nitrogens is 4. The van der Waals surface area contributed by atoms with E-state index in [0.717, 1.165) is 5.56 Å². The summed E-state index contributed by atoms with van der Waals surface area (Å²) in [5.74, 6) is -3.63. The van der Waals surface area contributed by atoms with E-state index in [2.05, 4.69) is 44.8 Å². The van der Waals surface area contributed by atoms with Crippen LogP contribution in [0.5, 0.6) is 0 Å². The van der Waals surface area contributed by atoms with Crippen LogP contribution in [0, 0.1) is 17.6 Å². The van der Waals surface area contributed by atoms with Crippen molar-refractivity contribution in [3.63, 3.8) is 0 Å². The van der Waals surface area contributed by atoms with Gasteiger partial charge in [-0.2, -0.15) is 5.16 Å². The van der Waals surface area contributed by atoms with Crippen LogP contribution in [-0.2, 0) is 32.1 Å². The van der Waals surface area contributed by atoms with Gasteiger partial charge in [-0.15, -0.1) is 0 Å². The maximum Gasteiger partial charge on any atom is 2.00 e. The van der Waals surface area contributed by atoms with Gasteiger partial charge in [-0.3, -0.25) is 19.9 Å². The van der Waals surface area contributed by atoms with Crippen molar-refractivity contribution in [3.8, 4) is 28.2 Å². The zero-order valence-electron chi connectivity index (χ0n) is 20.8. The van der Waals surface area contributed by atoms with Crippen LogP contribution < -0.4 is 10.2 Å². The molecule has 4 rings (SSSR count). The third-order valence-corrected chi connectivity index (χ3v) is 4.44. The van der Waals surface area contributed by atoms with Crippen molar-refractivity contribution in [1.82, 2.24) is 19.9 Å². The number of hydrogen-bond donors (Lipinski definition) is 1. The first-order valence-corrected chi connectivity index (χ1v) is 11.4. The molecule has 0 saturated carbocycles. The molecular formula is C26H16N6O6RuS2-2. The summed E-state index contributed by atoms with van der Waals surface area (Å²) in [6.45, 7) is 1.94. The number of pyridine rings is 4. The zero-order chi connectivity index (χ0) is 30.1. The van der Waals surface area contributed by atoms with Gasteiger partial charge in [0.05, 0.1) is 40.3 Å². The van der Waals surface area contributed by atoms with Crippen LogP contribution in [0.25, 0.3) is 28.2 Å². The largest absolute Gasteiger partial charge is 2.00 e. The van der Waals surface area contributed by atoms with Gasteiger partial charge in [0.2, 0.25) is 0 Å². The van der Waals surface area contributed by atoms with Crippen molar-refractivity contribution in [3.05, 3.63) is 101 Å². The molecule has 4 aromatic heterocycles. The van der Waals surface area contributed by atoms with E-state index < -0.39 is 17.9 Å². The van der Waals surface area contributed by atoms with Gasteiger partial charge < -0.3 is 42.9 Å². The van der Waals surface area contributed by atoms with Crippen LogP contribution in [0.3, 0.4) is 0 Å². The number of aromatic carboxylic acids is 3. The number of thiocyanates is 1. The first kappa shape index (κ1) is 36.1. The summed E-state index contributed by atoms with van der Waals surface area (Å²) in [7, 11) is 0. The first-order chi connectivity index (χ1) is 19.1. The molecular weight excluding hydrogens is 658 g/mol. The number of isothiocyanates is 1. The fourth-order valence-corrected chi connectivity index (χ4v) is 2.78. The number of thiocarbonyl (C=S) groups is 1. The Kier molecular flexibility index (Phi) is 17.0. The number of carbonyl (C=O) groups is 3. The van der Waals surface area contributed by atoms with Gasteiger partial charge >= 0.3 is 25.4 Å². The molecule has 0 bridgehead atoms. The van der Waals surface area contributed by atoms with E-state index in [0.29, 0.717) is 11.4 Å². The van der Waals surface area contributed by atoms with E-state index in [1.165, 1.54) is 65.6 Å². The Morgan fingerprint density at radius 1 is 0.805 bits per heavy atom. The Morgan fingerprint density at radius 3 is 1.41 bits per heavy atom. The Bertz CT molecular complexity index is 1520. The molecule has 1 N–H and O–H groups in total. The molecule has 0 aliphatic carbocycles. The Balaban J connectivity index is 0.000000645. The van der Waals surface area contributed by atoms with Gasteiger partial charge in [0, 0.05) is 35.9 Å². The van der Waals surface area contributed by atoms with Gasteiger partial charge in [-0.05, 0) is 61.0 Å². The average Bonchev–Trinajstić information content (AvgIpc) is 2.94. The van der Waals surface area contributed by atoms with Crippen molar-refractivity contribution in [2.24, 2.45) is 0 Å². The number of nitrogens with zero attached hydrogens (tertiary/aromatic N) is 6. The minimum absolute atomic E-state index is 0. The molecule has 0 fully saturated rings. The SMILES string of the molecule is Cc1ccnc(-c2cc(C(=O)[O-])ccn2)c1.N#C[S-].O=C([O-])c1ccnc(-c2cc(C(=O)O)ccn2)c1.[N-]=C=S.[Ru+2]. The normalized spacial score (nSPS) is 8.68. The van der Waals surface area contributed by atoms with Crippen LogP contribution in [-0.4, -0.2) is 48.1 Å². The van der Waals surface area contributed by atoms with Crippen molar-refractivity contribution in [2.75, 3.05) is 0 Å². The minimum Gasteiger partial charge on any atom is -0.753 e. The maximum absolute atomic E-state index is 10.8. The van der Waals surface area contributed by atoms with Gasteiger partial charge in [-0.25, -0.2) is 10.1 Å². The number of hydrogen-bond acceptors (Lipinski definition) is 12. The standard InChI is InChI=1S/C12H8N2O4.C12H10N2O2.CHNS.CNS.Ru/c15-11(16)7-1-3-13-9(5-7)10-6-8(12(17)18)2-4-14-10;1-8-2-4-13-10(6-8)11-7-9(12(15)16)3-5-14-11;2*2-1-3;/h1-6H,(H,15,16)(H,17,18);2-7H,1H3,(H,15,16);3H;;/q;;;-1;+2/p-3.